The molecule has 1 fully saturated rings. The lowest BCUT2D eigenvalue weighted by Crippen LogP contribution is -2.36. The van der Waals surface area contributed by atoms with Crippen molar-refractivity contribution in [3.05, 3.63) is 59.7 Å². The van der Waals surface area contributed by atoms with E-state index >= 15 is 0 Å². The summed E-state index contributed by atoms with van der Waals surface area (Å²) in [6.07, 6.45) is 1.51. The predicted molar refractivity (Wildman–Crippen MR) is 112 cm³/mol. The second-order valence-electron chi connectivity index (χ2n) is 6.57. The van der Waals surface area contributed by atoms with Gasteiger partial charge in [-0.3, -0.25) is 9.59 Å². The van der Waals surface area contributed by atoms with E-state index in [1.165, 1.54) is 13.0 Å². The molecular formula is C22H22N4O3. The van der Waals surface area contributed by atoms with Gasteiger partial charge < -0.3 is 20.3 Å². The van der Waals surface area contributed by atoms with E-state index in [1.54, 1.807) is 24.3 Å². The van der Waals surface area contributed by atoms with Crippen LogP contribution in [0, 0.1) is 11.3 Å². The third-order valence-corrected chi connectivity index (χ3v) is 4.41. The number of carbonyl (C=O) groups excluding carboxylic acids is 2. The average Bonchev–Trinajstić information content (AvgIpc) is 2.74. The number of nitrogens with zero attached hydrogens (tertiary/aromatic N) is 2. The van der Waals surface area contributed by atoms with E-state index < -0.39 is 5.91 Å². The van der Waals surface area contributed by atoms with E-state index in [-0.39, 0.29) is 11.5 Å². The number of rotatable bonds is 5. The minimum atomic E-state index is -0.474. The van der Waals surface area contributed by atoms with Crippen molar-refractivity contribution in [3.8, 4) is 6.07 Å². The zero-order valence-corrected chi connectivity index (χ0v) is 16.1. The summed E-state index contributed by atoms with van der Waals surface area (Å²) in [6, 6.07) is 16.3. The summed E-state index contributed by atoms with van der Waals surface area (Å²) in [4.78, 5) is 25.8. The fraction of sp³-hybridized carbons (Fsp3) is 0.227. The number of ether oxygens (including phenoxy) is 1. The van der Waals surface area contributed by atoms with Crippen molar-refractivity contribution in [3.63, 3.8) is 0 Å². The number of morpholine rings is 1. The van der Waals surface area contributed by atoms with Crippen LogP contribution < -0.4 is 15.5 Å². The number of hydrogen-bond donors (Lipinski definition) is 2. The maximum Gasteiger partial charge on any atom is 0.266 e. The molecule has 0 bridgehead atoms. The molecule has 7 nitrogen and oxygen atoms in total. The maximum absolute atomic E-state index is 12.5. The Kier molecular flexibility index (Phi) is 6.61. The Morgan fingerprint density at radius 2 is 1.59 bits per heavy atom. The van der Waals surface area contributed by atoms with Crippen LogP contribution in [0.3, 0.4) is 0 Å². The number of carbonyl (C=O) groups is 2. The van der Waals surface area contributed by atoms with Gasteiger partial charge in [0.05, 0.1) is 13.2 Å². The second-order valence-corrected chi connectivity index (χ2v) is 6.57. The number of amides is 2. The quantitative estimate of drug-likeness (QED) is 0.605. The molecule has 1 aliphatic rings. The summed E-state index contributed by atoms with van der Waals surface area (Å²) < 4.78 is 5.35. The molecule has 0 aromatic heterocycles. The summed E-state index contributed by atoms with van der Waals surface area (Å²) >= 11 is 0. The van der Waals surface area contributed by atoms with Crippen molar-refractivity contribution in [1.29, 1.82) is 5.26 Å². The van der Waals surface area contributed by atoms with Gasteiger partial charge in [0.15, 0.2) is 0 Å². The van der Waals surface area contributed by atoms with Crippen LogP contribution in [0.4, 0.5) is 17.1 Å². The summed E-state index contributed by atoms with van der Waals surface area (Å²) in [6.45, 7) is 4.53. The summed E-state index contributed by atoms with van der Waals surface area (Å²) in [7, 11) is 0. The lowest BCUT2D eigenvalue weighted by Gasteiger charge is -2.28. The first-order valence-corrected chi connectivity index (χ1v) is 9.29. The van der Waals surface area contributed by atoms with Gasteiger partial charge in [0.1, 0.15) is 11.6 Å². The second kappa shape index (κ2) is 9.53. The molecule has 0 aliphatic carbocycles. The zero-order chi connectivity index (χ0) is 20.6. The van der Waals surface area contributed by atoms with Crippen molar-refractivity contribution < 1.29 is 14.3 Å². The minimum absolute atomic E-state index is 0.00506. The molecule has 2 aromatic rings. The molecule has 1 heterocycles. The van der Waals surface area contributed by atoms with Crippen molar-refractivity contribution in [1.82, 2.24) is 0 Å². The summed E-state index contributed by atoms with van der Waals surface area (Å²) in [5, 5.41) is 14.8. The summed E-state index contributed by atoms with van der Waals surface area (Å²) in [5.74, 6) is -0.636. The highest BCUT2D eigenvalue weighted by Gasteiger charge is 2.12. The molecule has 0 radical (unpaired) electrons. The van der Waals surface area contributed by atoms with Crippen molar-refractivity contribution in [2.75, 3.05) is 41.8 Å². The smallest absolute Gasteiger partial charge is 0.266 e. The highest BCUT2D eigenvalue weighted by molar-refractivity contribution is 6.09. The molecule has 0 unspecified atom stereocenters. The molecule has 1 saturated heterocycles. The molecule has 0 atom stereocenters. The van der Waals surface area contributed by atoms with E-state index in [4.69, 9.17) is 4.74 Å². The van der Waals surface area contributed by atoms with Crippen LogP contribution in [0.5, 0.6) is 0 Å². The molecule has 148 valence electrons. The fourth-order valence-electron chi connectivity index (χ4n) is 2.96. The molecular weight excluding hydrogens is 368 g/mol. The van der Waals surface area contributed by atoms with Gasteiger partial charge in [-0.25, -0.2) is 0 Å². The van der Waals surface area contributed by atoms with Gasteiger partial charge in [0, 0.05) is 37.1 Å². The Balaban J connectivity index is 1.65. The monoisotopic (exact) mass is 390 g/mol. The van der Waals surface area contributed by atoms with E-state index in [0.717, 1.165) is 18.8 Å². The van der Waals surface area contributed by atoms with Gasteiger partial charge in [-0.2, -0.15) is 5.26 Å². The van der Waals surface area contributed by atoms with Gasteiger partial charge in [0.2, 0.25) is 5.91 Å². The van der Waals surface area contributed by atoms with E-state index in [0.29, 0.717) is 30.2 Å². The molecule has 2 N–H and O–H groups in total. The molecule has 7 heteroatoms. The topological polar surface area (TPSA) is 94.5 Å². The van der Waals surface area contributed by atoms with Crippen LogP contribution in [0.2, 0.25) is 0 Å². The Morgan fingerprint density at radius 1 is 1.00 bits per heavy atom. The highest BCUT2D eigenvalue weighted by Crippen LogP contribution is 2.20. The van der Waals surface area contributed by atoms with Crippen LogP contribution >= 0.6 is 0 Å². The zero-order valence-electron chi connectivity index (χ0n) is 16.1. The first-order valence-electron chi connectivity index (χ1n) is 9.29. The van der Waals surface area contributed by atoms with Gasteiger partial charge >= 0.3 is 0 Å². The number of benzene rings is 2. The van der Waals surface area contributed by atoms with Gasteiger partial charge in [-0.05, 0) is 48.0 Å². The molecule has 1 aliphatic heterocycles. The third kappa shape index (κ3) is 5.67. The molecule has 2 amide bonds. The lowest BCUT2D eigenvalue weighted by molar-refractivity contribution is -0.114. The van der Waals surface area contributed by atoms with Crippen LogP contribution in [-0.4, -0.2) is 38.1 Å². The average molecular weight is 390 g/mol. The minimum Gasteiger partial charge on any atom is -0.378 e. The van der Waals surface area contributed by atoms with Gasteiger partial charge in [0.25, 0.3) is 5.91 Å². The van der Waals surface area contributed by atoms with Crippen molar-refractivity contribution in [2.45, 2.75) is 6.92 Å². The molecule has 29 heavy (non-hydrogen) atoms. The Hall–Kier alpha value is -3.63. The third-order valence-electron chi connectivity index (χ3n) is 4.41. The molecule has 2 aromatic carbocycles. The van der Waals surface area contributed by atoms with Gasteiger partial charge in [-0.1, -0.05) is 12.1 Å². The van der Waals surface area contributed by atoms with Crippen LogP contribution in [0.15, 0.2) is 54.1 Å². The largest absolute Gasteiger partial charge is 0.378 e. The number of nitriles is 1. The number of hydrogen-bond acceptors (Lipinski definition) is 5. The number of nitrogens with one attached hydrogen (secondary N) is 2. The normalized spacial score (nSPS) is 14.1. The Labute approximate surface area is 169 Å². The standard InChI is InChI=1S/C22H22N4O3/c1-16(27)24-19-4-2-17(3-5-19)14-18(15-23)22(28)25-20-6-8-21(9-7-20)26-10-12-29-13-11-26/h2-9,14H,10-13H2,1H3,(H,24,27)(H,25,28). The highest BCUT2D eigenvalue weighted by atomic mass is 16.5. The molecule has 0 saturated carbocycles. The first-order chi connectivity index (χ1) is 14.0. The maximum atomic E-state index is 12.5. The first kappa shape index (κ1) is 20.1. The number of anilines is 3. The van der Waals surface area contributed by atoms with E-state index in [1.807, 2.05) is 30.3 Å². The van der Waals surface area contributed by atoms with Crippen LogP contribution in [0.1, 0.15) is 12.5 Å². The van der Waals surface area contributed by atoms with Gasteiger partial charge in [-0.15, -0.1) is 0 Å². The summed E-state index contributed by atoms with van der Waals surface area (Å²) in [5.41, 5.74) is 3.02. The molecule has 0 spiro atoms. The lowest BCUT2D eigenvalue weighted by atomic mass is 10.1. The molecule has 3 rings (SSSR count). The predicted octanol–water partition coefficient (Wildman–Crippen LogP) is 3.03. The Morgan fingerprint density at radius 3 is 2.17 bits per heavy atom. The van der Waals surface area contributed by atoms with Crippen molar-refractivity contribution in [2.24, 2.45) is 0 Å². The van der Waals surface area contributed by atoms with E-state index in [2.05, 4.69) is 15.5 Å². The Bertz CT molecular complexity index is 938. The fourth-order valence-corrected chi connectivity index (χ4v) is 2.96. The SMILES string of the molecule is CC(=O)Nc1ccc(C=C(C#N)C(=O)Nc2ccc(N3CCOCC3)cc2)cc1. The van der Waals surface area contributed by atoms with Crippen molar-refractivity contribution >= 4 is 35.0 Å². The van der Waals surface area contributed by atoms with Crippen LogP contribution in [-0.2, 0) is 14.3 Å². The van der Waals surface area contributed by atoms with E-state index in [9.17, 15) is 14.9 Å². The van der Waals surface area contributed by atoms with Crippen LogP contribution in [0.25, 0.3) is 6.08 Å².